The van der Waals surface area contributed by atoms with Crippen LogP contribution in [0.5, 0.6) is 11.5 Å². The summed E-state index contributed by atoms with van der Waals surface area (Å²) in [5.41, 5.74) is 7.02. The van der Waals surface area contributed by atoms with E-state index in [4.69, 9.17) is 10.5 Å². The third-order valence-electron chi connectivity index (χ3n) is 2.72. The minimum atomic E-state index is -0.472. The van der Waals surface area contributed by atoms with Crippen LogP contribution in [0.3, 0.4) is 0 Å². The quantitative estimate of drug-likeness (QED) is 0.835. The number of amides is 1. The molecule has 1 amide bonds. The molecule has 0 aliphatic rings. The molecular formula is C15H14N2O3. The van der Waals surface area contributed by atoms with E-state index >= 15 is 0 Å². The van der Waals surface area contributed by atoms with Gasteiger partial charge in [-0.2, -0.15) is 0 Å². The van der Waals surface area contributed by atoms with Crippen LogP contribution in [0.1, 0.15) is 15.9 Å². The predicted molar refractivity (Wildman–Crippen MR) is 76.9 cm³/mol. The molecule has 0 bridgehead atoms. The summed E-state index contributed by atoms with van der Waals surface area (Å²) in [4.78, 5) is 15.2. The number of phenolic OH excluding ortho intramolecular Hbond substituents is 1. The Hall–Kier alpha value is -2.82. The number of nitrogens with two attached hydrogens (primary N) is 1. The van der Waals surface area contributed by atoms with Crippen LogP contribution in [0.4, 0.5) is 5.69 Å². The fraction of sp³-hybridized carbons (Fsp3) is 0.0667. The summed E-state index contributed by atoms with van der Waals surface area (Å²) in [5, 5.41) is 9.65. The molecule has 0 aromatic heterocycles. The molecule has 0 spiro atoms. The van der Waals surface area contributed by atoms with Crippen molar-refractivity contribution in [2.24, 2.45) is 10.7 Å². The van der Waals surface area contributed by atoms with Gasteiger partial charge in [-0.15, -0.1) is 0 Å². The van der Waals surface area contributed by atoms with Crippen LogP contribution in [0.25, 0.3) is 0 Å². The van der Waals surface area contributed by atoms with Crippen molar-refractivity contribution < 1.29 is 14.6 Å². The van der Waals surface area contributed by atoms with Crippen molar-refractivity contribution in [1.29, 1.82) is 0 Å². The number of carbonyl (C=O) groups excluding carboxylic acids is 1. The second kappa shape index (κ2) is 5.88. The van der Waals surface area contributed by atoms with E-state index in [1.54, 1.807) is 48.7 Å². The lowest BCUT2D eigenvalue weighted by atomic mass is 10.2. The Morgan fingerprint density at radius 1 is 1.25 bits per heavy atom. The first-order chi connectivity index (χ1) is 9.60. The molecule has 0 aliphatic carbocycles. The highest BCUT2D eigenvalue weighted by atomic mass is 16.5. The number of hydrogen-bond acceptors (Lipinski definition) is 4. The molecule has 5 heteroatoms. The third-order valence-corrected chi connectivity index (χ3v) is 2.72. The van der Waals surface area contributed by atoms with Gasteiger partial charge in [-0.05, 0) is 48.0 Å². The largest absolute Gasteiger partial charge is 0.504 e. The average molecular weight is 270 g/mol. The maximum atomic E-state index is 10.9. The number of phenols is 1. The van der Waals surface area contributed by atoms with Crippen LogP contribution in [-0.2, 0) is 0 Å². The van der Waals surface area contributed by atoms with Gasteiger partial charge in [-0.25, -0.2) is 0 Å². The summed E-state index contributed by atoms with van der Waals surface area (Å²) in [6.45, 7) is 0. The maximum Gasteiger partial charge on any atom is 0.248 e. The van der Waals surface area contributed by atoms with Crippen molar-refractivity contribution in [3.63, 3.8) is 0 Å². The van der Waals surface area contributed by atoms with Gasteiger partial charge in [0.1, 0.15) is 0 Å². The summed E-state index contributed by atoms with van der Waals surface area (Å²) in [7, 11) is 1.49. The van der Waals surface area contributed by atoms with E-state index < -0.39 is 5.91 Å². The molecule has 102 valence electrons. The molecule has 2 aromatic rings. The standard InChI is InChI=1S/C15H14N2O3/c1-20-14-7-2-10(8-13(14)18)9-17-12-5-3-11(4-6-12)15(16)19/h2-9,18H,1H3,(H2,16,19). The van der Waals surface area contributed by atoms with Crippen molar-refractivity contribution in [3.05, 3.63) is 53.6 Å². The zero-order valence-corrected chi connectivity index (χ0v) is 10.9. The second-order valence-corrected chi connectivity index (χ2v) is 4.10. The van der Waals surface area contributed by atoms with Crippen LogP contribution in [0.2, 0.25) is 0 Å². The number of aliphatic imine (C=N–C) groups is 1. The van der Waals surface area contributed by atoms with Crippen molar-refractivity contribution in [3.8, 4) is 11.5 Å². The number of methoxy groups -OCH3 is 1. The zero-order valence-electron chi connectivity index (χ0n) is 10.9. The monoisotopic (exact) mass is 270 g/mol. The normalized spacial score (nSPS) is 10.7. The highest BCUT2D eigenvalue weighted by Gasteiger charge is 2.01. The molecule has 0 atom stereocenters. The molecule has 2 aromatic carbocycles. The van der Waals surface area contributed by atoms with E-state index in [2.05, 4.69) is 4.99 Å². The second-order valence-electron chi connectivity index (χ2n) is 4.10. The Kier molecular flexibility index (Phi) is 4.00. The first-order valence-electron chi connectivity index (χ1n) is 5.91. The minimum Gasteiger partial charge on any atom is -0.504 e. The lowest BCUT2D eigenvalue weighted by Crippen LogP contribution is -2.10. The molecule has 5 nitrogen and oxygen atoms in total. The molecule has 0 fully saturated rings. The number of nitrogens with zero attached hydrogens (tertiary/aromatic N) is 1. The molecule has 0 aliphatic heterocycles. The SMILES string of the molecule is COc1ccc(C=Nc2ccc(C(N)=O)cc2)cc1O. The van der Waals surface area contributed by atoms with Crippen LogP contribution in [-0.4, -0.2) is 24.3 Å². The number of hydrogen-bond donors (Lipinski definition) is 2. The van der Waals surface area contributed by atoms with E-state index in [1.807, 2.05) is 0 Å². The topological polar surface area (TPSA) is 84.9 Å². The van der Waals surface area contributed by atoms with E-state index in [0.29, 0.717) is 17.0 Å². The fourth-order valence-corrected chi connectivity index (χ4v) is 1.65. The summed E-state index contributed by atoms with van der Waals surface area (Å²) < 4.78 is 4.96. The smallest absolute Gasteiger partial charge is 0.248 e. The number of benzene rings is 2. The van der Waals surface area contributed by atoms with Gasteiger partial charge in [-0.1, -0.05) is 0 Å². The van der Waals surface area contributed by atoms with E-state index in [9.17, 15) is 9.90 Å². The van der Waals surface area contributed by atoms with Crippen LogP contribution in [0, 0.1) is 0 Å². The van der Waals surface area contributed by atoms with Crippen LogP contribution < -0.4 is 10.5 Å². The first kappa shape index (κ1) is 13.6. The Morgan fingerprint density at radius 2 is 1.95 bits per heavy atom. The van der Waals surface area contributed by atoms with E-state index in [-0.39, 0.29) is 5.75 Å². The molecule has 0 heterocycles. The number of rotatable bonds is 4. The Labute approximate surface area is 116 Å². The molecule has 20 heavy (non-hydrogen) atoms. The van der Waals surface area contributed by atoms with Gasteiger partial charge < -0.3 is 15.6 Å². The molecule has 0 saturated carbocycles. The van der Waals surface area contributed by atoms with Crippen molar-refractivity contribution in [2.75, 3.05) is 7.11 Å². The van der Waals surface area contributed by atoms with Gasteiger partial charge in [0.2, 0.25) is 5.91 Å². The molecule has 0 radical (unpaired) electrons. The maximum absolute atomic E-state index is 10.9. The van der Waals surface area contributed by atoms with Gasteiger partial charge >= 0.3 is 0 Å². The van der Waals surface area contributed by atoms with Crippen LogP contribution in [0.15, 0.2) is 47.5 Å². The Morgan fingerprint density at radius 3 is 2.50 bits per heavy atom. The lowest BCUT2D eigenvalue weighted by Gasteiger charge is -2.03. The number of aromatic hydroxyl groups is 1. The summed E-state index contributed by atoms with van der Waals surface area (Å²) in [6, 6.07) is 11.6. The predicted octanol–water partition coefficient (Wildman–Crippen LogP) is 2.25. The lowest BCUT2D eigenvalue weighted by molar-refractivity contribution is 0.100. The van der Waals surface area contributed by atoms with Gasteiger partial charge in [0, 0.05) is 11.8 Å². The number of carbonyl (C=O) groups is 1. The van der Waals surface area contributed by atoms with Crippen molar-refractivity contribution in [2.45, 2.75) is 0 Å². The third kappa shape index (κ3) is 3.14. The fourth-order valence-electron chi connectivity index (χ4n) is 1.65. The highest BCUT2D eigenvalue weighted by Crippen LogP contribution is 2.25. The van der Waals surface area contributed by atoms with E-state index in [0.717, 1.165) is 5.56 Å². The van der Waals surface area contributed by atoms with Gasteiger partial charge in [0.05, 0.1) is 12.8 Å². The van der Waals surface area contributed by atoms with Gasteiger partial charge in [-0.3, -0.25) is 9.79 Å². The Balaban J connectivity index is 2.16. The summed E-state index contributed by atoms with van der Waals surface area (Å²) in [6.07, 6.45) is 1.61. The first-order valence-corrected chi connectivity index (χ1v) is 5.91. The average Bonchev–Trinajstić information content (AvgIpc) is 2.45. The molecule has 3 N–H and O–H groups in total. The van der Waals surface area contributed by atoms with E-state index in [1.165, 1.54) is 7.11 Å². The Bertz CT molecular complexity index is 649. The van der Waals surface area contributed by atoms with Gasteiger partial charge in [0.25, 0.3) is 0 Å². The molecular weight excluding hydrogens is 256 g/mol. The molecule has 0 unspecified atom stereocenters. The van der Waals surface area contributed by atoms with Crippen molar-refractivity contribution in [1.82, 2.24) is 0 Å². The van der Waals surface area contributed by atoms with Crippen molar-refractivity contribution >= 4 is 17.8 Å². The molecule has 0 saturated heterocycles. The number of primary amides is 1. The number of ether oxygens (including phenoxy) is 1. The summed E-state index contributed by atoms with van der Waals surface area (Å²) in [5.74, 6) is -0.00547. The minimum absolute atomic E-state index is 0.0560. The van der Waals surface area contributed by atoms with Crippen LogP contribution >= 0.6 is 0 Å². The highest BCUT2D eigenvalue weighted by molar-refractivity contribution is 5.93. The molecule has 2 rings (SSSR count). The van der Waals surface area contributed by atoms with Gasteiger partial charge in [0.15, 0.2) is 11.5 Å². The zero-order chi connectivity index (χ0) is 14.5. The summed E-state index contributed by atoms with van der Waals surface area (Å²) >= 11 is 0.